The number of nitrogens with two attached hydrogens (primary N) is 1. The number of carbonyl (C=O) groups is 2. The Bertz CT molecular complexity index is 948. The molecule has 9 nitrogen and oxygen atoms in total. The molecule has 0 saturated heterocycles. The normalized spacial score (nSPS) is 13.3. The molecule has 0 bridgehead atoms. The van der Waals surface area contributed by atoms with Gasteiger partial charge in [-0.05, 0) is 38.5 Å². The second-order valence-electron chi connectivity index (χ2n) is 16.3. The zero-order valence-corrected chi connectivity index (χ0v) is 38.2. The lowest BCUT2D eigenvalue weighted by molar-refractivity contribution is -0.161. The van der Waals surface area contributed by atoms with Gasteiger partial charge in [-0.15, -0.1) is 0 Å². The van der Waals surface area contributed by atoms with E-state index in [1.54, 1.807) is 0 Å². The summed E-state index contributed by atoms with van der Waals surface area (Å²) < 4.78 is 32.9. The molecule has 57 heavy (non-hydrogen) atoms. The number of hydrogen-bond acceptors (Lipinski definition) is 8. The third kappa shape index (κ3) is 44.1. The molecular weight excluding hydrogens is 737 g/mol. The van der Waals surface area contributed by atoms with Crippen LogP contribution in [0.15, 0.2) is 12.2 Å². The van der Waals surface area contributed by atoms with Crippen molar-refractivity contribution in [2.24, 2.45) is 5.73 Å². The molecule has 0 amide bonds. The molecule has 0 aromatic heterocycles. The van der Waals surface area contributed by atoms with Gasteiger partial charge < -0.3 is 20.1 Å². The van der Waals surface area contributed by atoms with Gasteiger partial charge in [0.25, 0.3) is 0 Å². The van der Waals surface area contributed by atoms with Crippen LogP contribution in [0.5, 0.6) is 0 Å². The molecule has 0 saturated carbocycles. The Morgan fingerprint density at radius 3 is 1.25 bits per heavy atom. The predicted octanol–water partition coefficient (Wildman–Crippen LogP) is 14.2. The molecule has 0 heterocycles. The maximum Gasteiger partial charge on any atom is 0.472 e. The summed E-state index contributed by atoms with van der Waals surface area (Å²) in [5.74, 6) is -0.824. The smallest absolute Gasteiger partial charge is 0.462 e. The summed E-state index contributed by atoms with van der Waals surface area (Å²) in [7, 11) is -4.38. The summed E-state index contributed by atoms with van der Waals surface area (Å²) in [6, 6.07) is 0. The van der Waals surface area contributed by atoms with E-state index < -0.39 is 26.5 Å². The van der Waals surface area contributed by atoms with Crippen molar-refractivity contribution in [1.29, 1.82) is 0 Å². The highest BCUT2D eigenvalue weighted by Crippen LogP contribution is 2.43. The standard InChI is InChI=1S/C47H92NO8P/c1-3-5-7-9-11-13-15-17-19-20-21-22-23-24-26-28-30-32-34-36-38-40-47(50)56-45(44-55-57(51,52)54-42-41-48)43-53-46(49)39-37-35-33-31-29-27-25-18-16-14-12-10-8-6-4-2/h18,25,45H,3-17,19-24,26-44,48H2,1-2H3,(H,51,52)/b25-18-/t45-/m1/s1. The molecule has 0 spiro atoms. The predicted molar refractivity (Wildman–Crippen MR) is 238 cm³/mol. The molecule has 0 rings (SSSR count). The van der Waals surface area contributed by atoms with Crippen LogP contribution in [-0.2, 0) is 32.7 Å². The maximum absolute atomic E-state index is 12.6. The summed E-state index contributed by atoms with van der Waals surface area (Å²) in [6.07, 6.45) is 46.7. The van der Waals surface area contributed by atoms with E-state index in [9.17, 15) is 19.0 Å². The van der Waals surface area contributed by atoms with Crippen molar-refractivity contribution in [1.82, 2.24) is 0 Å². The highest BCUT2D eigenvalue weighted by atomic mass is 31.2. The zero-order valence-electron chi connectivity index (χ0n) is 37.3. The summed E-state index contributed by atoms with van der Waals surface area (Å²) in [6.45, 7) is 3.76. The van der Waals surface area contributed by atoms with Crippen molar-refractivity contribution in [3.05, 3.63) is 12.2 Å². The van der Waals surface area contributed by atoms with Gasteiger partial charge in [-0.25, -0.2) is 4.57 Å². The Labute approximate surface area is 351 Å². The van der Waals surface area contributed by atoms with E-state index in [1.807, 2.05) is 0 Å². The average Bonchev–Trinajstić information content (AvgIpc) is 3.20. The molecule has 1 unspecified atom stereocenters. The van der Waals surface area contributed by atoms with Gasteiger partial charge in [0, 0.05) is 19.4 Å². The quantitative estimate of drug-likeness (QED) is 0.0266. The Balaban J connectivity index is 4.04. The number of unbranched alkanes of at least 4 members (excludes halogenated alkanes) is 31. The first-order chi connectivity index (χ1) is 27.8. The van der Waals surface area contributed by atoms with Crippen LogP contribution in [0.25, 0.3) is 0 Å². The van der Waals surface area contributed by atoms with Crippen LogP contribution >= 0.6 is 7.82 Å². The number of carbonyl (C=O) groups excluding carboxylic acids is 2. The fraction of sp³-hybridized carbons (Fsp3) is 0.915. The van der Waals surface area contributed by atoms with Gasteiger partial charge in [0.05, 0.1) is 13.2 Å². The van der Waals surface area contributed by atoms with Crippen LogP contribution in [0.2, 0.25) is 0 Å². The molecule has 3 N–H and O–H groups in total. The minimum Gasteiger partial charge on any atom is -0.462 e. The van der Waals surface area contributed by atoms with Crippen molar-refractivity contribution < 1.29 is 37.6 Å². The van der Waals surface area contributed by atoms with E-state index in [0.717, 1.165) is 51.4 Å². The summed E-state index contributed by atoms with van der Waals surface area (Å²) >= 11 is 0. The Morgan fingerprint density at radius 2 is 0.860 bits per heavy atom. The third-order valence-electron chi connectivity index (χ3n) is 10.7. The van der Waals surface area contributed by atoms with Crippen LogP contribution < -0.4 is 5.73 Å². The minimum absolute atomic E-state index is 0.0554. The molecule has 10 heteroatoms. The first-order valence-electron chi connectivity index (χ1n) is 24.2. The number of phosphoric ester groups is 1. The minimum atomic E-state index is -4.38. The van der Waals surface area contributed by atoms with E-state index in [0.29, 0.717) is 6.42 Å². The lowest BCUT2D eigenvalue weighted by atomic mass is 10.0. The summed E-state index contributed by atoms with van der Waals surface area (Å²) in [5.41, 5.74) is 5.36. The topological polar surface area (TPSA) is 134 Å². The number of ether oxygens (including phenoxy) is 2. The molecule has 0 radical (unpaired) electrons. The summed E-state index contributed by atoms with van der Waals surface area (Å²) in [4.78, 5) is 35.0. The number of phosphoric acid groups is 1. The molecule has 2 atom stereocenters. The lowest BCUT2D eigenvalue weighted by Crippen LogP contribution is -2.29. The Hall–Kier alpha value is -1.25. The number of allylic oxidation sites excluding steroid dienone is 2. The fourth-order valence-corrected chi connectivity index (χ4v) is 7.81. The first-order valence-corrected chi connectivity index (χ1v) is 25.7. The van der Waals surface area contributed by atoms with E-state index in [1.165, 1.54) is 161 Å². The first kappa shape index (κ1) is 55.8. The van der Waals surface area contributed by atoms with Crippen LogP contribution in [-0.4, -0.2) is 49.3 Å². The van der Waals surface area contributed by atoms with Crippen LogP contribution in [0, 0.1) is 0 Å². The summed E-state index contributed by atoms with van der Waals surface area (Å²) in [5, 5.41) is 0. The molecule has 0 aliphatic carbocycles. The van der Waals surface area contributed by atoms with Crippen molar-refractivity contribution in [2.75, 3.05) is 26.4 Å². The van der Waals surface area contributed by atoms with E-state index in [-0.39, 0.29) is 38.6 Å². The second kappa shape index (κ2) is 44.3. The highest BCUT2D eigenvalue weighted by Gasteiger charge is 2.26. The fourth-order valence-electron chi connectivity index (χ4n) is 7.04. The maximum atomic E-state index is 12.6. The molecule has 0 aromatic rings. The molecule has 0 fully saturated rings. The van der Waals surface area contributed by atoms with Gasteiger partial charge in [-0.1, -0.05) is 206 Å². The van der Waals surface area contributed by atoms with Gasteiger partial charge in [-0.3, -0.25) is 18.6 Å². The SMILES string of the molecule is CCCCCCCC/C=C\CCCCCCCC(=O)OC[C@H](COP(=O)(O)OCCN)OC(=O)CCCCCCCCCCCCCCCCCCCCCCC. The highest BCUT2D eigenvalue weighted by molar-refractivity contribution is 7.47. The monoisotopic (exact) mass is 830 g/mol. The largest absolute Gasteiger partial charge is 0.472 e. The van der Waals surface area contributed by atoms with E-state index in [4.69, 9.17) is 24.3 Å². The zero-order chi connectivity index (χ0) is 41.8. The van der Waals surface area contributed by atoms with Gasteiger partial charge in [0.1, 0.15) is 6.61 Å². The molecule has 0 aliphatic rings. The molecule has 0 aromatic carbocycles. The van der Waals surface area contributed by atoms with E-state index in [2.05, 4.69) is 26.0 Å². The van der Waals surface area contributed by atoms with Crippen LogP contribution in [0.1, 0.15) is 245 Å². The van der Waals surface area contributed by atoms with Crippen molar-refractivity contribution in [3.63, 3.8) is 0 Å². The van der Waals surface area contributed by atoms with Gasteiger partial charge >= 0.3 is 19.8 Å². The average molecular weight is 830 g/mol. The number of hydrogen-bond donors (Lipinski definition) is 2. The second-order valence-corrected chi connectivity index (χ2v) is 17.8. The third-order valence-corrected chi connectivity index (χ3v) is 11.6. The number of esters is 2. The van der Waals surface area contributed by atoms with Crippen molar-refractivity contribution in [3.8, 4) is 0 Å². The van der Waals surface area contributed by atoms with Gasteiger partial charge in [0.15, 0.2) is 6.10 Å². The van der Waals surface area contributed by atoms with Gasteiger partial charge in [0.2, 0.25) is 0 Å². The molecular formula is C47H92NO8P. The van der Waals surface area contributed by atoms with Crippen molar-refractivity contribution in [2.45, 2.75) is 251 Å². The number of rotatable bonds is 46. The molecule has 0 aliphatic heterocycles. The Morgan fingerprint density at radius 1 is 0.509 bits per heavy atom. The Kier molecular flexibility index (Phi) is 43.3. The van der Waals surface area contributed by atoms with Crippen LogP contribution in [0.4, 0.5) is 0 Å². The van der Waals surface area contributed by atoms with Gasteiger partial charge in [-0.2, -0.15) is 0 Å². The van der Waals surface area contributed by atoms with E-state index >= 15 is 0 Å². The van der Waals surface area contributed by atoms with Crippen molar-refractivity contribution >= 4 is 19.8 Å². The lowest BCUT2D eigenvalue weighted by Gasteiger charge is -2.19. The molecule has 338 valence electrons. The van der Waals surface area contributed by atoms with Crippen LogP contribution in [0.3, 0.4) is 0 Å².